The van der Waals surface area contributed by atoms with Gasteiger partial charge in [-0.15, -0.1) is 11.3 Å². The Morgan fingerprint density at radius 3 is 2.44 bits per heavy atom. The van der Waals surface area contributed by atoms with Crippen molar-refractivity contribution in [2.45, 2.75) is 52.0 Å². The summed E-state index contributed by atoms with van der Waals surface area (Å²) in [6, 6.07) is 9.78. The standard InChI is InChI=1S/C21H22N2O3S/c1-13(24)19-12-18-21(27-19)23(16-6-4-3-5-7-16)20(22-18)15-8-10-17(11-9-15)26-14(2)25/h8-12,16H,3-7H2,1-2H3. The first-order valence-corrected chi connectivity index (χ1v) is 10.2. The van der Waals surface area contributed by atoms with Crippen molar-refractivity contribution in [3.05, 3.63) is 35.2 Å². The summed E-state index contributed by atoms with van der Waals surface area (Å²) in [7, 11) is 0. The van der Waals surface area contributed by atoms with Crippen LogP contribution in [-0.4, -0.2) is 21.3 Å². The van der Waals surface area contributed by atoms with Gasteiger partial charge in [0.05, 0.1) is 4.88 Å². The molecule has 0 radical (unpaired) electrons. The Hall–Kier alpha value is -2.47. The zero-order chi connectivity index (χ0) is 19.0. The van der Waals surface area contributed by atoms with Crippen LogP contribution in [0.3, 0.4) is 0 Å². The van der Waals surface area contributed by atoms with Crippen LogP contribution in [0.1, 0.15) is 61.7 Å². The van der Waals surface area contributed by atoms with E-state index in [-0.39, 0.29) is 11.8 Å². The second-order valence-electron chi connectivity index (χ2n) is 7.07. The van der Waals surface area contributed by atoms with Crippen LogP contribution in [0.25, 0.3) is 21.7 Å². The van der Waals surface area contributed by atoms with Crippen LogP contribution in [0.5, 0.6) is 5.75 Å². The summed E-state index contributed by atoms with van der Waals surface area (Å²) in [4.78, 5) is 29.6. The van der Waals surface area contributed by atoms with Gasteiger partial charge in [0.25, 0.3) is 0 Å². The Morgan fingerprint density at radius 1 is 1.11 bits per heavy atom. The normalized spacial score (nSPS) is 15.2. The number of esters is 1. The zero-order valence-electron chi connectivity index (χ0n) is 15.5. The van der Waals surface area contributed by atoms with Crippen molar-refractivity contribution in [1.82, 2.24) is 9.55 Å². The van der Waals surface area contributed by atoms with E-state index in [0.29, 0.717) is 11.8 Å². The largest absolute Gasteiger partial charge is 0.427 e. The van der Waals surface area contributed by atoms with E-state index in [9.17, 15) is 9.59 Å². The number of carbonyl (C=O) groups is 2. The van der Waals surface area contributed by atoms with Crippen LogP contribution in [0, 0.1) is 0 Å². The number of nitrogens with zero attached hydrogens (tertiary/aromatic N) is 2. The van der Waals surface area contributed by atoms with Gasteiger partial charge in [0.1, 0.15) is 21.9 Å². The predicted octanol–water partition coefficient (Wildman–Crippen LogP) is 5.40. The molecule has 0 amide bonds. The highest BCUT2D eigenvalue weighted by molar-refractivity contribution is 7.20. The smallest absolute Gasteiger partial charge is 0.308 e. The van der Waals surface area contributed by atoms with Gasteiger partial charge in [-0.2, -0.15) is 0 Å². The maximum Gasteiger partial charge on any atom is 0.308 e. The molecular weight excluding hydrogens is 360 g/mol. The average Bonchev–Trinajstić information content (AvgIpc) is 3.20. The highest BCUT2D eigenvalue weighted by atomic mass is 32.1. The maximum atomic E-state index is 11.8. The Kier molecular flexibility index (Phi) is 4.83. The SMILES string of the molecule is CC(=O)Oc1ccc(-c2nc3cc(C(C)=O)sc3n2C2CCCCC2)cc1. The van der Waals surface area contributed by atoms with Gasteiger partial charge >= 0.3 is 5.97 Å². The van der Waals surface area contributed by atoms with Crippen LogP contribution in [0.4, 0.5) is 0 Å². The van der Waals surface area contributed by atoms with Gasteiger partial charge in [-0.1, -0.05) is 19.3 Å². The number of ketones is 1. The van der Waals surface area contributed by atoms with Crippen molar-refractivity contribution < 1.29 is 14.3 Å². The molecule has 140 valence electrons. The Labute approximate surface area is 162 Å². The van der Waals surface area contributed by atoms with Gasteiger partial charge in [-0.3, -0.25) is 9.59 Å². The fraction of sp³-hybridized carbons (Fsp3) is 0.381. The molecule has 2 aromatic heterocycles. The maximum absolute atomic E-state index is 11.8. The molecule has 5 nitrogen and oxygen atoms in total. The molecule has 1 fully saturated rings. The van der Waals surface area contributed by atoms with E-state index in [1.165, 1.54) is 37.5 Å². The zero-order valence-corrected chi connectivity index (χ0v) is 16.3. The molecule has 1 aromatic carbocycles. The lowest BCUT2D eigenvalue weighted by Crippen LogP contribution is -2.13. The number of fused-ring (bicyclic) bond motifs is 1. The van der Waals surface area contributed by atoms with Crippen molar-refractivity contribution in [3.63, 3.8) is 0 Å². The number of aromatic nitrogens is 2. The Bertz CT molecular complexity index is 995. The summed E-state index contributed by atoms with van der Waals surface area (Å²) in [6.07, 6.45) is 6.00. The van der Waals surface area contributed by atoms with E-state index in [1.807, 2.05) is 18.2 Å². The summed E-state index contributed by atoms with van der Waals surface area (Å²) in [5, 5.41) is 0. The van der Waals surface area contributed by atoms with Gasteiger partial charge in [-0.05, 0) is 50.1 Å². The first kappa shape index (κ1) is 17.9. The third-order valence-electron chi connectivity index (χ3n) is 5.03. The van der Waals surface area contributed by atoms with Crippen LogP contribution >= 0.6 is 11.3 Å². The number of thiophene rings is 1. The lowest BCUT2D eigenvalue weighted by atomic mass is 9.95. The van der Waals surface area contributed by atoms with Gasteiger partial charge in [0.15, 0.2) is 5.78 Å². The molecule has 0 aliphatic heterocycles. The number of carbonyl (C=O) groups excluding carboxylic acids is 2. The highest BCUT2D eigenvalue weighted by Crippen LogP contribution is 2.39. The molecule has 0 spiro atoms. The molecule has 1 aliphatic rings. The molecular formula is C21H22N2O3S. The minimum atomic E-state index is -0.330. The molecule has 0 unspecified atom stereocenters. The third-order valence-corrected chi connectivity index (χ3v) is 6.25. The van der Waals surface area contributed by atoms with Gasteiger partial charge < -0.3 is 9.30 Å². The molecule has 2 heterocycles. The molecule has 4 rings (SSSR count). The Morgan fingerprint density at radius 2 is 1.81 bits per heavy atom. The molecule has 1 aliphatic carbocycles. The van der Waals surface area contributed by atoms with E-state index in [1.54, 1.807) is 19.1 Å². The lowest BCUT2D eigenvalue weighted by Gasteiger charge is -2.25. The fourth-order valence-electron chi connectivity index (χ4n) is 3.78. The summed E-state index contributed by atoms with van der Waals surface area (Å²) < 4.78 is 7.46. The monoisotopic (exact) mass is 382 g/mol. The van der Waals surface area contributed by atoms with E-state index in [2.05, 4.69) is 4.57 Å². The number of benzene rings is 1. The molecule has 27 heavy (non-hydrogen) atoms. The molecule has 0 atom stereocenters. The highest BCUT2D eigenvalue weighted by Gasteiger charge is 2.24. The summed E-state index contributed by atoms with van der Waals surface area (Å²) >= 11 is 1.53. The van der Waals surface area contributed by atoms with E-state index < -0.39 is 0 Å². The minimum Gasteiger partial charge on any atom is -0.427 e. The summed E-state index contributed by atoms with van der Waals surface area (Å²) in [6.45, 7) is 2.99. The van der Waals surface area contributed by atoms with Crippen LogP contribution in [-0.2, 0) is 4.79 Å². The van der Waals surface area contributed by atoms with Crippen molar-refractivity contribution in [2.75, 3.05) is 0 Å². The second-order valence-corrected chi connectivity index (χ2v) is 8.10. The molecule has 0 N–H and O–H groups in total. The van der Waals surface area contributed by atoms with Gasteiger partial charge in [0, 0.05) is 18.5 Å². The van der Waals surface area contributed by atoms with Crippen LogP contribution < -0.4 is 4.74 Å². The fourth-order valence-corrected chi connectivity index (χ4v) is 4.85. The first-order valence-electron chi connectivity index (χ1n) is 9.34. The van der Waals surface area contributed by atoms with Crippen molar-refractivity contribution in [3.8, 4) is 17.1 Å². The van der Waals surface area contributed by atoms with Crippen molar-refractivity contribution in [2.24, 2.45) is 0 Å². The number of Topliss-reactive ketones (excluding diaryl/α,β-unsaturated/α-hetero) is 1. The molecule has 0 saturated heterocycles. The molecule has 0 bridgehead atoms. The number of ether oxygens (including phenoxy) is 1. The predicted molar refractivity (Wildman–Crippen MR) is 106 cm³/mol. The van der Waals surface area contributed by atoms with Gasteiger partial charge in [-0.25, -0.2) is 4.98 Å². The van der Waals surface area contributed by atoms with Crippen LogP contribution in [0.15, 0.2) is 30.3 Å². The topological polar surface area (TPSA) is 61.2 Å². The van der Waals surface area contributed by atoms with E-state index in [0.717, 1.165) is 39.5 Å². The van der Waals surface area contributed by atoms with E-state index >= 15 is 0 Å². The van der Waals surface area contributed by atoms with E-state index in [4.69, 9.17) is 9.72 Å². The molecule has 3 aromatic rings. The number of rotatable bonds is 4. The molecule has 6 heteroatoms. The quantitative estimate of drug-likeness (QED) is 0.344. The summed E-state index contributed by atoms with van der Waals surface area (Å²) in [5.41, 5.74) is 1.87. The molecule has 1 saturated carbocycles. The summed E-state index contributed by atoms with van der Waals surface area (Å²) in [5.74, 6) is 1.21. The third kappa shape index (κ3) is 3.54. The second kappa shape index (κ2) is 7.27. The average molecular weight is 382 g/mol. The first-order chi connectivity index (χ1) is 13.0. The number of imidazole rings is 1. The lowest BCUT2D eigenvalue weighted by molar-refractivity contribution is -0.131. The van der Waals surface area contributed by atoms with Crippen molar-refractivity contribution in [1.29, 1.82) is 0 Å². The number of hydrogen-bond donors (Lipinski definition) is 0. The Balaban J connectivity index is 1.80. The van der Waals surface area contributed by atoms with Crippen molar-refractivity contribution >= 4 is 33.4 Å². The number of hydrogen-bond acceptors (Lipinski definition) is 5. The minimum absolute atomic E-state index is 0.0838. The van der Waals surface area contributed by atoms with Gasteiger partial charge in [0.2, 0.25) is 0 Å². The van der Waals surface area contributed by atoms with Crippen LogP contribution in [0.2, 0.25) is 0 Å².